The van der Waals surface area contributed by atoms with Crippen LogP contribution in [0.15, 0.2) is 18.3 Å². The Kier molecular flexibility index (Phi) is 3.21. The van der Waals surface area contributed by atoms with E-state index in [4.69, 9.17) is 0 Å². The van der Waals surface area contributed by atoms with E-state index < -0.39 is 0 Å². The van der Waals surface area contributed by atoms with Crippen LogP contribution in [0.2, 0.25) is 0 Å². The van der Waals surface area contributed by atoms with Crippen LogP contribution >= 0.6 is 0 Å². The van der Waals surface area contributed by atoms with Crippen molar-refractivity contribution in [2.24, 2.45) is 0 Å². The molecule has 82 valence electrons. The lowest BCUT2D eigenvalue weighted by atomic mass is 10.1. The number of nitrogens with zero attached hydrogens (tertiary/aromatic N) is 2. The molecule has 2 heterocycles. The van der Waals surface area contributed by atoms with Crippen LogP contribution in [0.1, 0.15) is 18.9 Å². The first-order valence-electron chi connectivity index (χ1n) is 5.71. The highest BCUT2D eigenvalue weighted by molar-refractivity contribution is 5.41. The lowest BCUT2D eigenvalue weighted by Gasteiger charge is -2.39. The van der Waals surface area contributed by atoms with E-state index >= 15 is 0 Å². The van der Waals surface area contributed by atoms with Crippen molar-refractivity contribution >= 4 is 5.82 Å². The molecule has 15 heavy (non-hydrogen) atoms. The molecule has 0 spiro atoms. The second-order valence-electron chi connectivity index (χ2n) is 4.20. The van der Waals surface area contributed by atoms with Crippen LogP contribution in [0.25, 0.3) is 0 Å². The minimum Gasteiger partial charge on any atom is -0.351 e. The summed E-state index contributed by atoms with van der Waals surface area (Å²) in [7, 11) is 0. The van der Waals surface area contributed by atoms with E-state index in [1.54, 1.807) is 0 Å². The van der Waals surface area contributed by atoms with Crippen LogP contribution in [-0.4, -0.2) is 30.7 Å². The first kappa shape index (κ1) is 10.4. The highest BCUT2D eigenvalue weighted by Crippen LogP contribution is 2.16. The monoisotopic (exact) mass is 205 g/mol. The van der Waals surface area contributed by atoms with Gasteiger partial charge in [-0.2, -0.15) is 0 Å². The maximum Gasteiger partial charge on any atom is 0.128 e. The Balaban J connectivity index is 2.12. The summed E-state index contributed by atoms with van der Waals surface area (Å²) in [4.78, 5) is 6.91. The van der Waals surface area contributed by atoms with E-state index in [0.29, 0.717) is 6.04 Å². The van der Waals surface area contributed by atoms with Gasteiger partial charge >= 0.3 is 0 Å². The van der Waals surface area contributed by atoms with Crippen molar-refractivity contribution in [1.29, 1.82) is 0 Å². The highest BCUT2D eigenvalue weighted by atomic mass is 15.3. The summed E-state index contributed by atoms with van der Waals surface area (Å²) < 4.78 is 0. The molecule has 0 amide bonds. The zero-order chi connectivity index (χ0) is 10.7. The van der Waals surface area contributed by atoms with Crippen LogP contribution in [0.5, 0.6) is 0 Å². The molecule has 3 heteroatoms. The molecular weight excluding hydrogens is 186 g/mol. The van der Waals surface area contributed by atoms with E-state index in [1.807, 2.05) is 6.20 Å². The van der Waals surface area contributed by atoms with Gasteiger partial charge in [-0.15, -0.1) is 0 Å². The fraction of sp³-hybridized carbons (Fsp3) is 0.583. The lowest BCUT2D eigenvalue weighted by Crippen LogP contribution is -2.57. The SMILES string of the molecule is CCCN(c1ccc(C)cn1)C1CNC1. The molecule has 0 saturated carbocycles. The van der Waals surface area contributed by atoms with Crippen LogP contribution in [0, 0.1) is 6.92 Å². The lowest BCUT2D eigenvalue weighted by molar-refractivity contribution is 0.410. The minimum atomic E-state index is 0.639. The Morgan fingerprint density at radius 1 is 1.47 bits per heavy atom. The van der Waals surface area contributed by atoms with E-state index in [-0.39, 0.29) is 0 Å². The molecule has 1 fully saturated rings. The average Bonchev–Trinajstić information content (AvgIpc) is 2.16. The summed E-state index contributed by atoms with van der Waals surface area (Å²) in [5, 5.41) is 3.31. The molecule has 3 nitrogen and oxygen atoms in total. The summed E-state index contributed by atoms with van der Waals surface area (Å²) in [6.45, 7) is 7.58. The van der Waals surface area contributed by atoms with Gasteiger partial charge < -0.3 is 10.2 Å². The number of hydrogen-bond acceptors (Lipinski definition) is 3. The summed E-state index contributed by atoms with van der Waals surface area (Å²) in [6.07, 6.45) is 3.12. The highest BCUT2D eigenvalue weighted by Gasteiger charge is 2.24. The van der Waals surface area contributed by atoms with Crippen molar-refractivity contribution < 1.29 is 0 Å². The molecular formula is C12H19N3. The predicted octanol–water partition coefficient (Wildman–Crippen LogP) is 1.58. The predicted molar refractivity (Wildman–Crippen MR) is 63.3 cm³/mol. The molecule has 0 aliphatic carbocycles. The number of rotatable bonds is 4. The first-order valence-corrected chi connectivity index (χ1v) is 5.71. The summed E-state index contributed by atoms with van der Waals surface area (Å²) in [5.74, 6) is 1.12. The molecule has 0 unspecified atom stereocenters. The van der Waals surface area contributed by atoms with Gasteiger partial charge in [0.25, 0.3) is 0 Å². The molecule has 0 aromatic carbocycles. The van der Waals surface area contributed by atoms with E-state index in [9.17, 15) is 0 Å². The molecule has 1 aliphatic rings. The number of anilines is 1. The maximum absolute atomic E-state index is 4.50. The Morgan fingerprint density at radius 2 is 2.27 bits per heavy atom. The van der Waals surface area contributed by atoms with Crippen molar-refractivity contribution in [2.45, 2.75) is 26.3 Å². The Bertz CT molecular complexity index is 303. The summed E-state index contributed by atoms with van der Waals surface area (Å²) in [6, 6.07) is 4.90. The summed E-state index contributed by atoms with van der Waals surface area (Å²) >= 11 is 0. The van der Waals surface area contributed by atoms with Gasteiger partial charge in [0.2, 0.25) is 0 Å². The second-order valence-corrected chi connectivity index (χ2v) is 4.20. The second kappa shape index (κ2) is 4.62. The van der Waals surface area contributed by atoms with Gasteiger partial charge in [-0.25, -0.2) is 4.98 Å². The third-order valence-electron chi connectivity index (χ3n) is 2.86. The Morgan fingerprint density at radius 3 is 2.73 bits per heavy atom. The zero-order valence-electron chi connectivity index (χ0n) is 9.53. The Hall–Kier alpha value is -1.09. The third-order valence-corrected chi connectivity index (χ3v) is 2.86. The number of aromatic nitrogens is 1. The smallest absolute Gasteiger partial charge is 0.128 e. The average molecular weight is 205 g/mol. The molecule has 1 aromatic heterocycles. The zero-order valence-corrected chi connectivity index (χ0v) is 9.53. The largest absolute Gasteiger partial charge is 0.351 e. The standard InChI is InChI=1S/C12H19N3/c1-3-6-15(11-8-13-9-11)12-5-4-10(2)7-14-12/h4-5,7,11,13H,3,6,8-9H2,1-2H3. The molecule has 1 N–H and O–H groups in total. The van der Waals surface area contributed by atoms with Gasteiger partial charge in [0.15, 0.2) is 0 Å². The van der Waals surface area contributed by atoms with Gasteiger partial charge in [-0.1, -0.05) is 13.0 Å². The quantitative estimate of drug-likeness (QED) is 0.809. The molecule has 1 aliphatic heterocycles. The van der Waals surface area contributed by atoms with Crippen LogP contribution in [0.4, 0.5) is 5.82 Å². The Labute approximate surface area is 91.5 Å². The number of pyridine rings is 1. The van der Waals surface area contributed by atoms with Gasteiger partial charge in [0.05, 0.1) is 6.04 Å². The van der Waals surface area contributed by atoms with Crippen molar-refractivity contribution in [3.63, 3.8) is 0 Å². The van der Waals surface area contributed by atoms with Gasteiger partial charge in [0, 0.05) is 25.8 Å². The fourth-order valence-electron chi connectivity index (χ4n) is 1.85. The first-order chi connectivity index (χ1) is 7.31. The van der Waals surface area contributed by atoms with E-state index in [2.05, 4.69) is 41.2 Å². The van der Waals surface area contributed by atoms with Gasteiger partial charge in [0.1, 0.15) is 5.82 Å². The van der Waals surface area contributed by atoms with Crippen LogP contribution in [0.3, 0.4) is 0 Å². The molecule has 0 bridgehead atoms. The number of hydrogen-bond donors (Lipinski definition) is 1. The van der Waals surface area contributed by atoms with Crippen molar-refractivity contribution in [2.75, 3.05) is 24.5 Å². The van der Waals surface area contributed by atoms with E-state index in [0.717, 1.165) is 25.5 Å². The number of aryl methyl sites for hydroxylation is 1. The summed E-state index contributed by atoms with van der Waals surface area (Å²) in [5.41, 5.74) is 1.22. The number of nitrogens with one attached hydrogen (secondary N) is 1. The molecule has 1 aromatic rings. The third kappa shape index (κ3) is 2.29. The van der Waals surface area contributed by atoms with Gasteiger partial charge in [-0.05, 0) is 25.0 Å². The fourth-order valence-corrected chi connectivity index (χ4v) is 1.85. The van der Waals surface area contributed by atoms with Crippen molar-refractivity contribution in [3.05, 3.63) is 23.9 Å². The van der Waals surface area contributed by atoms with E-state index in [1.165, 1.54) is 12.0 Å². The van der Waals surface area contributed by atoms with Crippen LogP contribution in [-0.2, 0) is 0 Å². The molecule has 1 saturated heterocycles. The topological polar surface area (TPSA) is 28.2 Å². The van der Waals surface area contributed by atoms with Crippen LogP contribution < -0.4 is 10.2 Å². The molecule has 2 rings (SSSR count). The minimum absolute atomic E-state index is 0.639. The van der Waals surface area contributed by atoms with Gasteiger partial charge in [-0.3, -0.25) is 0 Å². The maximum atomic E-state index is 4.50. The van der Waals surface area contributed by atoms with Crippen molar-refractivity contribution in [3.8, 4) is 0 Å². The van der Waals surface area contributed by atoms with Crippen molar-refractivity contribution in [1.82, 2.24) is 10.3 Å². The molecule has 0 atom stereocenters. The molecule has 0 radical (unpaired) electrons. The normalized spacial score (nSPS) is 16.1.